The van der Waals surface area contributed by atoms with Crippen molar-refractivity contribution in [3.8, 4) is 0 Å². The molecule has 5 heteroatoms. The first-order chi connectivity index (χ1) is 13.7. The van der Waals surface area contributed by atoms with Crippen molar-refractivity contribution >= 4 is 23.6 Å². The molecule has 4 nitrogen and oxygen atoms in total. The van der Waals surface area contributed by atoms with Gasteiger partial charge in [-0.1, -0.05) is 62.4 Å². The Kier molecular flexibility index (Phi) is 9.63. The van der Waals surface area contributed by atoms with E-state index in [-0.39, 0.29) is 11.8 Å². The largest absolute Gasteiger partial charge is 0.354 e. The van der Waals surface area contributed by atoms with Crippen LogP contribution in [0.5, 0.6) is 0 Å². The molecule has 1 unspecified atom stereocenters. The van der Waals surface area contributed by atoms with Crippen LogP contribution in [-0.4, -0.2) is 41.6 Å². The van der Waals surface area contributed by atoms with E-state index in [2.05, 4.69) is 17.4 Å². The molecule has 0 fully saturated rings. The van der Waals surface area contributed by atoms with Gasteiger partial charge in [0, 0.05) is 18.0 Å². The van der Waals surface area contributed by atoms with Gasteiger partial charge in [0.2, 0.25) is 11.8 Å². The number of benzene rings is 2. The second-order valence-corrected chi connectivity index (χ2v) is 7.69. The molecule has 2 amide bonds. The SMILES string of the molecule is CCCNC(=O)C(CC)N(CCc1ccccc1)C(=O)CSc1ccccc1. The maximum atomic E-state index is 13.0. The van der Waals surface area contributed by atoms with E-state index in [1.54, 1.807) is 4.90 Å². The van der Waals surface area contributed by atoms with Crippen molar-refractivity contribution < 1.29 is 9.59 Å². The van der Waals surface area contributed by atoms with Crippen molar-refractivity contribution in [3.05, 3.63) is 66.2 Å². The normalized spacial score (nSPS) is 11.6. The van der Waals surface area contributed by atoms with Crippen LogP contribution in [0.3, 0.4) is 0 Å². The zero-order valence-electron chi connectivity index (χ0n) is 16.8. The number of carbonyl (C=O) groups is 2. The Morgan fingerprint density at radius 3 is 2.25 bits per heavy atom. The van der Waals surface area contributed by atoms with Crippen LogP contribution in [0.1, 0.15) is 32.3 Å². The summed E-state index contributed by atoms with van der Waals surface area (Å²) >= 11 is 1.51. The Hall–Kier alpha value is -2.27. The number of hydrogen-bond acceptors (Lipinski definition) is 3. The predicted octanol–water partition coefficient (Wildman–Crippen LogP) is 4.15. The molecule has 28 heavy (non-hydrogen) atoms. The Balaban J connectivity index is 2.08. The number of thioether (sulfide) groups is 1. The van der Waals surface area contributed by atoms with Crippen LogP contribution < -0.4 is 5.32 Å². The van der Waals surface area contributed by atoms with Crippen LogP contribution in [0.25, 0.3) is 0 Å². The lowest BCUT2D eigenvalue weighted by Gasteiger charge is -2.30. The molecule has 1 N–H and O–H groups in total. The third-order valence-corrected chi connectivity index (χ3v) is 5.52. The fourth-order valence-corrected chi connectivity index (χ4v) is 3.81. The Bertz CT molecular complexity index is 722. The molecular weight excluding hydrogens is 368 g/mol. The van der Waals surface area contributed by atoms with Crippen molar-refractivity contribution in [1.29, 1.82) is 0 Å². The van der Waals surface area contributed by atoms with Gasteiger partial charge in [0.1, 0.15) is 6.04 Å². The fourth-order valence-electron chi connectivity index (χ4n) is 3.01. The maximum absolute atomic E-state index is 13.0. The summed E-state index contributed by atoms with van der Waals surface area (Å²) in [7, 11) is 0. The van der Waals surface area contributed by atoms with Gasteiger partial charge >= 0.3 is 0 Å². The Morgan fingerprint density at radius 1 is 1.00 bits per heavy atom. The molecule has 0 spiro atoms. The van der Waals surface area contributed by atoms with Crippen LogP contribution in [0, 0.1) is 0 Å². The van der Waals surface area contributed by atoms with E-state index in [0.717, 1.165) is 17.7 Å². The minimum absolute atomic E-state index is 0.00304. The summed E-state index contributed by atoms with van der Waals surface area (Å²) in [6.45, 7) is 5.16. The van der Waals surface area contributed by atoms with E-state index >= 15 is 0 Å². The number of carbonyl (C=O) groups excluding carboxylic acids is 2. The Labute approximate surface area is 172 Å². The number of hydrogen-bond donors (Lipinski definition) is 1. The number of rotatable bonds is 11. The average molecular weight is 399 g/mol. The number of nitrogens with one attached hydrogen (secondary N) is 1. The van der Waals surface area contributed by atoms with E-state index < -0.39 is 6.04 Å². The van der Waals surface area contributed by atoms with Crippen LogP contribution in [0.2, 0.25) is 0 Å². The van der Waals surface area contributed by atoms with Crippen molar-refractivity contribution in [1.82, 2.24) is 10.2 Å². The van der Waals surface area contributed by atoms with E-state index in [9.17, 15) is 9.59 Å². The highest BCUT2D eigenvalue weighted by Crippen LogP contribution is 2.19. The van der Waals surface area contributed by atoms with E-state index in [1.165, 1.54) is 17.3 Å². The quantitative estimate of drug-likeness (QED) is 0.579. The summed E-state index contributed by atoms with van der Waals surface area (Å²) in [6, 6.07) is 19.5. The molecule has 0 saturated carbocycles. The van der Waals surface area contributed by atoms with Crippen molar-refractivity contribution in [3.63, 3.8) is 0 Å². The third-order valence-electron chi connectivity index (χ3n) is 4.52. The molecule has 0 bridgehead atoms. The minimum Gasteiger partial charge on any atom is -0.354 e. The van der Waals surface area contributed by atoms with Gasteiger partial charge in [-0.15, -0.1) is 11.8 Å². The smallest absolute Gasteiger partial charge is 0.242 e. The lowest BCUT2D eigenvalue weighted by Crippen LogP contribution is -2.50. The number of amides is 2. The van der Waals surface area contributed by atoms with Crippen LogP contribution in [-0.2, 0) is 16.0 Å². The number of nitrogens with zero attached hydrogens (tertiary/aromatic N) is 1. The summed E-state index contributed by atoms with van der Waals surface area (Å²) in [6.07, 6.45) is 2.22. The predicted molar refractivity (Wildman–Crippen MR) is 116 cm³/mol. The van der Waals surface area contributed by atoms with Gasteiger partial charge in [-0.2, -0.15) is 0 Å². The third kappa shape index (κ3) is 7.04. The monoisotopic (exact) mass is 398 g/mol. The summed E-state index contributed by atoms with van der Waals surface area (Å²) in [5, 5.41) is 2.95. The highest BCUT2D eigenvalue weighted by Gasteiger charge is 2.27. The summed E-state index contributed by atoms with van der Waals surface area (Å²) < 4.78 is 0. The zero-order chi connectivity index (χ0) is 20.2. The van der Waals surface area contributed by atoms with Gasteiger partial charge in [0.25, 0.3) is 0 Å². The van der Waals surface area contributed by atoms with Crippen molar-refractivity contribution in [2.75, 3.05) is 18.8 Å². The topological polar surface area (TPSA) is 49.4 Å². The fraction of sp³-hybridized carbons (Fsp3) is 0.391. The second-order valence-electron chi connectivity index (χ2n) is 6.64. The van der Waals surface area contributed by atoms with Gasteiger partial charge in [-0.05, 0) is 37.0 Å². The van der Waals surface area contributed by atoms with Crippen molar-refractivity contribution in [2.45, 2.75) is 44.0 Å². The minimum atomic E-state index is -0.431. The standard InChI is InChI=1S/C23H30N2O2S/c1-3-16-24-23(27)21(4-2)25(17-15-19-11-7-5-8-12-19)22(26)18-28-20-13-9-6-10-14-20/h5-14,21H,3-4,15-18H2,1-2H3,(H,24,27). The van der Waals surface area contributed by atoms with E-state index in [1.807, 2.05) is 62.4 Å². The first kappa shape index (κ1) is 22.0. The van der Waals surface area contributed by atoms with Gasteiger partial charge in [0.15, 0.2) is 0 Å². The van der Waals surface area contributed by atoms with Gasteiger partial charge in [-0.3, -0.25) is 9.59 Å². The van der Waals surface area contributed by atoms with Gasteiger partial charge in [0.05, 0.1) is 5.75 Å². The highest BCUT2D eigenvalue weighted by atomic mass is 32.2. The molecule has 0 aromatic heterocycles. The first-order valence-corrected chi connectivity index (χ1v) is 10.9. The molecule has 0 aliphatic carbocycles. The van der Waals surface area contributed by atoms with Gasteiger partial charge in [-0.25, -0.2) is 0 Å². The van der Waals surface area contributed by atoms with Crippen LogP contribution in [0.4, 0.5) is 0 Å². The van der Waals surface area contributed by atoms with Gasteiger partial charge < -0.3 is 10.2 Å². The average Bonchev–Trinajstić information content (AvgIpc) is 2.74. The molecule has 1 atom stereocenters. The molecule has 2 rings (SSSR count). The summed E-state index contributed by atoms with van der Waals surface area (Å²) in [5.74, 6) is 0.273. The summed E-state index contributed by atoms with van der Waals surface area (Å²) in [4.78, 5) is 28.5. The molecular formula is C23H30N2O2S. The lowest BCUT2D eigenvalue weighted by molar-refractivity contribution is -0.138. The zero-order valence-corrected chi connectivity index (χ0v) is 17.6. The molecule has 150 valence electrons. The van der Waals surface area contributed by atoms with E-state index in [4.69, 9.17) is 0 Å². The van der Waals surface area contributed by atoms with Crippen molar-refractivity contribution in [2.24, 2.45) is 0 Å². The molecule has 0 saturated heterocycles. The molecule has 2 aromatic carbocycles. The first-order valence-electron chi connectivity index (χ1n) is 9.94. The van der Waals surface area contributed by atoms with Crippen LogP contribution in [0.15, 0.2) is 65.6 Å². The second kappa shape index (κ2) is 12.2. The molecule has 2 aromatic rings. The lowest BCUT2D eigenvalue weighted by atomic mass is 10.1. The maximum Gasteiger partial charge on any atom is 0.242 e. The Morgan fingerprint density at radius 2 is 1.64 bits per heavy atom. The molecule has 0 radical (unpaired) electrons. The van der Waals surface area contributed by atoms with Crippen LogP contribution >= 0.6 is 11.8 Å². The highest BCUT2D eigenvalue weighted by molar-refractivity contribution is 8.00. The van der Waals surface area contributed by atoms with E-state index in [0.29, 0.717) is 25.3 Å². The molecule has 0 heterocycles. The molecule has 0 aliphatic rings. The summed E-state index contributed by atoms with van der Waals surface area (Å²) in [5.41, 5.74) is 1.17. The molecule has 0 aliphatic heterocycles.